The molecule has 0 N–H and O–H groups in total. The maximum absolute atomic E-state index is 2.45. The van der Waals surface area contributed by atoms with E-state index in [1.165, 1.54) is 112 Å². The Labute approximate surface area is 405 Å². The van der Waals surface area contributed by atoms with Crippen LogP contribution in [-0.4, -0.2) is 0 Å². The average molecular weight is 883 g/mol. The predicted octanol–water partition coefficient (Wildman–Crippen LogP) is 19.8. The van der Waals surface area contributed by atoms with E-state index < -0.39 is 0 Å². The fourth-order valence-corrected chi connectivity index (χ4v) is 15.5. The Morgan fingerprint density at radius 1 is 0.303 bits per heavy atom. The maximum Gasteiger partial charge on any atom is 0.0305 e. The van der Waals surface area contributed by atoms with Gasteiger partial charge in [0.1, 0.15) is 0 Å². The minimum absolute atomic E-state index is 0. The van der Waals surface area contributed by atoms with Gasteiger partial charge in [-0.2, -0.15) is 0 Å². The zero-order chi connectivity index (χ0) is 46.2. The van der Waals surface area contributed by atoms with Crippen LogP contribution in [0.25, 0.3) is 0 Å². The number of benzene rings is 3. The van der Waals surface area contributed by atoms with E-state index in [4.69, 9.17) is 0 Å². The van der Waals surface area contributed by atoms with Gasteiger partial charge < -0.3 is 0 Å². The molecule has 18 rings (SSSR count). The van der Waals surface area contributed by atoms with Crippen molar-refractivity contribution < 1.29 is 0 Å². The van der Waals surface area contributed by atoms with Gasteiger partial charge in [0.05, 0.1) is 0 Å². The second-order valence-electron chi connectivity index (χ2n) is 24.1. The summed E-state index contributed by atoms with van der Waals surface area (Å²) in [5.74, 6) is 5.35. The Bertz CT molecular complexity index is 2270. The molecule has 66 heavy (non-hydrogen) atoms. The highest BCUT2D eigenvalue weighted by Gasteiger charge is 2.46. The molecule has 0 aliphatic heterocycles. The van der Waals surface area contributed by atoms with Gasteiger partial charge in [-0.1, -0.05) is 157 Å². The number of rotatable bonds is 0. The summed E-state index contributed by atoms with van der Waals surface area (Å²) in [6, 6.07) is 26.9. The van der Waals surface area contributed by atoms with Gasteiger partial charge in [0.25, 0.3) is 0 Å². The van der Waals surface area contributed by atoms with Crippen molar-refractivity contribution in [3.63, 3.8) is 0 Å². The zero-order valence-corrected chi connectivity index (χ0v) is 43.4. The summed E-state index contributed by atoms with van der Waals surface area (Å²) in [4.78, 5) is 0. The average Bonchev–Trinajstić information content (AvgIpc) is 3.33. The molecule has 10 bridgehead atoms. The molecule has 15 aliphatic rings. The smallest absolute Gasteiger partial charge is 0.0305 e. The fraction of sp³-hybridized carbons (Fsp3) is 0.576. The lowest BCUT2D eigenvalue weighted by atomic mass is 9.53. The monoisotopic (exact) mass is 883 g/mol. The highest BCUT2D eigenvalue weighted by Crippen LogP contribution is 2.59. The minimum Gasteiger partial charge on any atom is -0.0776 e. The standard InChI is InChI=1S/C18H16.C14H16.C12H20.C11H18.C10H16.CH4/c1-11-12(2)18-15-9-5-3-7-13(15)17(11)14-8-4-6-10-16(14)18;1-9-10(2)12-8-7-11(9)13-5-3-4-6-14(12)13;1-9-10(2)12(4)7-5-11(9,3)6-8-12;1-8-9(2)11(3)6-4-10(8)5-7-11;1-7-8(2)10-5-3-9(7)4-6-10;/h3-10,17-18H,1-2H3;3-6,11-12H,7-8H2,1-2H3;5-8H2,1-4H3;10H,4-7H2,1-3H3;9-10H,3-6H2,1-2H3;1H4. The molecule has 2 atom stereocenters. The molecule has 3 fully saturated rings. The molecule has 0 heterocycles. The summed E-state index contributed by atoms with van der Waals surface area (Å²) in [7, 11) is 0. The van der Waals surface area contributed by atoms with Crippen molar-refractivity contribution in [2.45, 2.75) is 211 Å². The highest BCUT2D eigenvalue weighted by molar-refractivity contribution is 5.64. The lowest BCUT2D eigenvalue weighted by Crippen LogP contribution is -2.39. The first-order valence-electron chi connectivity index (χ1n) is 26.6. The molecule has 354 valence electrons. The first kappa shape index (κ1) is 48.8. The summed E-state index contributed by atoms with van der Waals surface area (Å²) in [5, 5.41) is 0. The molecule has 15 aliphatic carbocycles. The third-order valence-electron chi connectivity index (χ3n) is 21.5. The highest BCUT2D eigenvalue weighted by atomic mass is 14.5. The lowest BCUT2D eigenvalue weighted by Gasteiger charge is -2.52. The first-order valence-corrected chi connectivity index (χ1v) is 26.6. The van der Waals surface area contributed by atoms with Gasteiger partial charge in [-0.3, -0.25) is 0 Å². The van der Waals surface area contributed by atoms with E-state index in [1.807, 2.05) is 0 Å². The zero-order valence-electron chi connectivity index (χ0n) is 43.4. The van der Waals surface area contributed by atoms with Crippen LogP contribution in [0.1, 0.15) is 244 Å². The third-order valence-corrected chi connectivity index (χ3v) is 21.5. The maximum atomic E-state index is 2.45. The summed E-state index contributed by atoms with van der Waals surface area (Å²) in [6.07, 6.45) is 20.2. The van der Waals surface area contributed by atoms with E-state index >= 15 is 0 Å². The number of allylic oxidation sites excluding steroid dienone is 10. The summed E-state index contributed by atoms with van der Waals surface area (Å²) in [6.45, 7) is 30.7. The second-order valence-corrected chi connectivity index (χ2v) is 24.1. The Balaban J connectivity index is 0.000000114. The third kappa shape index (κ3) is 8.27. The molecular formula is C66H90. The van der Waals surface area contributed by atoms with Gasteiger partial charge in [-0.15, -0.1) is 0 Å². The van der Waals surface area contributed by atoms with Gasteiger partial charge >= 0.3 is 0 Å². The van der Waals surface area contributed by atoms with Crippen LogP contribution < -0.4 is 0 Å². The first-order chi connectivity index (χ1) is 31.0. The molecule has 3 aromatic rings. The van der Waals surface area contributed by atoms with Crippen LogP contribution in [0.4, 0.5) is 0 Å². The van der Waals surface area contributed by atoms with Crippen molar-refractivity contribution >= 4 is 0 Å². The van der Waals surface area contributed by atoms with Crippen LogP contribution in [-0.2, 0) is 0 Å². The number of fused-ring (bicyclic) bond motifs is 7. The van der Waals surface area contributed by atoms with Crippen LogP contribution in [0.2, 0.25) is 0 Å². The number of hydrogen-bond donors (Lipinski definition) is 0. The second kappa shape index (κ2) is 18.7. The van der Waals surface area contributed by atoms with Crippen LogP contribution in [0.15, 0.2) is 129 Å². The molecule has 2 unspecified atom stereocenters. The van der Waals surface area contributed by atoms with Crippen molar-refractivity contribution in [1.29, 1.82) is 0 Å². The van der Waals surface area contributed by atoms with Crippen LogP contribution in [0.5, 0.6) is 0 Å². The Hall–Kier alpha value is -3.64. The van der Waals surface area contributed by atoms with Gasteiger partial charge in [0, 0.05) is 23.7 Å². The molecule has 0 saturated heterocycles. The van der Waals surface area contributed by atoms with Gasteiger partial charge in [0.2, 0.25) is 0 Å². The van der Waals surface area contributed by atoms with Crippen molar-refractivity contribution in [2.24, 2.45) is 34.0 Å². The van der Waals surface area contributed by atoms with Crippen molar-refractivity contribution in [3.8, 4) is 0 Å². The Kier molecular flexibility index (Phi) is 13.8. The van der Waals surface area contributed by atoms with E-state index in [2.05, 4.69) is 163 Å². The van der Waals surface area contributed by atoms with E-state index in [-0.39, 0.29) is 7.43 Å². The Morgan fingerprint density at radius 2 is 0.591 bits per heavy atom. The van der Waals surface area contributed by atoms with Crippen molar-refractivity contribution in [1.82, 2.24) is 0 Å². The van der Waals surface area contributed by atoms with Crippen LogP contribution >= 0.6 is 0 Å². The summed E-state index contributed by atoms with van der Waals surface area (Å²) in [5.41, 5.74) is 27.7. The summed E-state index contributed by atoms with van der Waals surface area (Å²) >= 11 is 0. The molecular weight excluding hydrogens is 793 g/mol. The van der Waals surface area contributed by atoms with Crippen molar-refractivity contribution in [2.75, 3.05) is 0 Å². The topological polar surface area (TPSA) is 0 Å². The molecule has 0 aromatic heterocycles. The van der Waals surface area contributed by atoms with E-state index in [1.54, 1.807) is 66.9 Å². The van der Waals surface area contributed by atoms with E-state index in [0.29, 0.717) is 28.1 Å². The normalized spacial score (nSPS) is 34.4. The van der Waals surface area contributed by atoms with Gasteiger partial charge in [-0.05, 0) is 227 Å². The molecule has 0 amide bonds. The molecule has 0 nitrogen and oxygen atoms in total. The van der Waals surface area contributed by atoms with Crippen LogP contribution in [0.3, 0.4) is 0 Å². The molecule has 3 aromatic carbocycles. The van der Waals surface area contributed by atoms with Crippen molar-refractivity contribution in [3.05, 3.63) is 162 Å². The quantitative estimate of drug-likeness (QED) is 0.197. The fourth-order valence-electron chi connectivity index (χ4n) is 15.5. The Morgan fingerprint density at radius 3 is 0.879 bits per heavy atom. The molecule has 0 heteroatoms. The van der Waals surface area contributed by atoms with E-state index in [0.717, 1.165) is 29.6 Å². The SMILES string of the molecule is C.CC1=C(C)C2(C)CCC1(C)CC2.CC1=C(C)C2(C)CCC1CC2.CC1=C(C)C2CCC1CC2.CC1=C(C)C2CCC1c1ccccc12.CC1=C(C)C2c3ccccc3C1c1ccccc12. The van der Waals surface area contributed by atoms with Gasteiger partial charge in [-0.25, -0.2) is 0 Å². The predicted molar refractivity (Wildman–Crippen MR) is 287 cm³/mol. The molecule has 3 saturated carbocycles. The summed E-state index contributed by atoms with van der Waals surface area (Å²) < 4.78 is 0. The van der Waals surface area contributed by atoms with Gasteiger partial charge in [0.15, 0.2) is 0 Å². The lowest BCUT2D eigenvalue weighted by molar-refractivity contribution is 0.124. The molecule has 0 radical (unpaired) electrons. The largest absolute Gasteiger partial charge is 0.0776 e. The number of hydrogen-bond acceptors (Lipinski definition) is 0. The molecule has 0 spiro atoms. The van der Waals surface area contributed by atoms with Crippen LogP contribution in [0, 0.1) is 34.0 Å². The van der Waals surface area contributed by atoms with E-state index in [9.17, 15) is 0 Å². The minimum atomic E-state index is 0.